The normalized spacial score (nSPS) is 21.3. The van der Waals surface area contributed by atoms with E-state index in [1.54, 1.807) is 35.6 Å². The lowest BCUT2D eigenvalue weighted by Gasteiger charge is -2.31. The van der Waals surface area contributed by atoms with Crippen LogP contribution < -0.4 is 10.6 Å². The first kappa shape index (κ1) is 21.6. The highest BCUT2D eigenvalue weighted by Crippen LogP contribution is 2.35. The van der Waals surface area contributed by atoms with Gasteiger partial charge in [0.1, 0.15) is 5.54 Å². The lowest BCUT2D eigenvalue weighted by Crippen LogP contribution is -2.43. The predicted octanol–water partition coefficient (Wildman–Crippen LogP) is 4.07. The van der Waals surface area contributed by atoms with Crippen molar-refractivity contribution in [3.05, 3.63) is 64.2 Å². The van der Waals surface area contributed by atoms with Gasteiger partial charge in [-0.05, 0) is 61.6 Å². The van der Waals surface area contributed by atoms with Gasteiger partial charge < -0.3 is 10.2 Å². The predicted molar refractivity (Wildman–Crippen MR) is 127 cm³/mol. The van der Waals surface area contributed by atoms with Gasteiger partial charge in [0.25, 0.3) is 11.8 Å². The number of nitrogens with zero attached hydrogens (tertiary/aromatic N) is 2. The molecule has 4 amide bonds. The van der Waals surface area contributed by atoms with Gasteiger partial charge in [-0.15, -0.1) is 11.3 Å². The molecule has 2 fully saturated rings. The first-order valence-corrected chi connectivity index (χ1v) is 12.1. The number of thiazole rings is 1. The summed E-state index contributed by atoms with van der Waals surface area (Å²) in [5.74, 6) is 0.00886. The third-order valence-corrected chi connectivity index (χ3v) is 7.99. The van der Waals surface area contributed by atoms with Crippen molar-refractivity contribution in [1.29, 1.82) is 0 Å². The van der Waals surface area contributed by atoms with Crippen LogP contribution in [-0.4, -0.2) is 40.8 Å². The molecule has 8 heteroatoms. The second-order valence-electron chi connectivity index (χ2n) is 8.83. The molecular formula is C25H26N4O3S. The van der Waals surface area contributed by atoms with E-state index < -0.39 is 11.6 Å². The maximum Gasteiger partial charge on any atom is 0.322 e. The molecule has 2 aliphatic rings. The fourth-order valence-electron chi connectivity index (χ4n) is 4.79. The van der Waals surface area contributed by atoms with Crippen molar-refractivity contribution in [1.82, 2.24) is 20.5 Å². The van der Waals surface area contributed by atoms with Crippen molar-refractivity contribution in [3.8, 4) is 0 Å². The quantitative estimate of drug-likeness (QED) is 0.572. The average molecular weight is 463 g/mol. The van der Waals surface area contributed by atoms with Crippen molar-refractivity contribution in [3.63, 3.8) is 0 Å². The highest BCUT2D eigenvalue weighted by atomic mass is 32.1. The van der Waals surface area contributed by atoms with Gasteiger partial charge in [-0.2, -0.15) is 0 Å². The van der Waals surface area contributed by atoms with E-state index in [4.69, 9.17) is 4.98 Å². The highest BCUT2D eigenvalue weighted by molar-refractivity contribution is 7.18. The lowest BCUT2D eigenvalue weighted by molar-refractivity contribution is -0.124. The van der Waals surface area contributed by atoms with Crippen LogP contribution >= 0.6 is 11.3 Å². The van der Waals surface area contributed by atoms with Crippen molar-refractivity contribution in [2.45, 2.75) is 44.6 Å². The molecule has 1 aromatic heterocycles. The van der Waals surface area contributed by atoms with E-state index in [0.29, 0.717) is 36.6 Å². The summed E-state index contributed by atoms with van der Waals surface area (Å²) in [6, 6.07) is 12.9. The highest BCUT2D eigenvalue weighted by Gasteiger charge is 2.46. The molecule has 2 saturated heterocycles. The fraction of sp³-hybridized carbons (Fsp3) is 0.360. The zero-order valence-electron chi connectivity index (χ0n) is 18.7. The van der Waals surface area contributed by atoms with Crippen LogP contribution in [0, 0.1) is 6.92 Å². The number of carbonyl (C=O) groups is 3. The second kappa shape index (κ2) is 8.26. The Morgan fingerprint density at radius 2 is 1.88 bits per heavy atom. The van der Waals surface area contributed by atoms with Crippen LogP contribution in [0.5, 0.6) is 0 Å². The molecular weight excluding hydrogens is 436 g/mol. The van der Waals surface area contributed by atoms with Crippen LogP contribution in [0.1, 0.15) is 58.6 Å². The molecule has 0 bridgehead atoms. The van der Waals surface area contributed by atoms with E-state index in [9.17, 15) is 14.4 Å². The number of imide groups is 1. The molecule has 1 atom stereocenters. The Labute approximate surface area is 196 Å². The summed E-state index contributed by atoms with van der Waals surface area (Å²) >= 11 is 1.76. The fourth-order valence-corrected chi connectivity index (χ4v) is 5.90. The maximum atomic E-state index is 13.1. The number of piperidine rings is 1. The number of carbonyl (C=O) groups excluding carboxylic acids is 3. The van der Waals surface area contributed by atoms with E-state index >= 15 is 0 Å². The van der Waals surface area contributed by atoms with Crippen molar-refractivity contribution in [2.24, 2.45) is 0 Å². The molecule has 0 spiro atoms. The third kappa shape index (κ3) is 3.78. The third-order valence-electron chi connectivity index (χ3n) is 6.79. The summed E-state index contributed by atoms with van der Waals surface area (Å²) in [5.41, 5.74) is 2.46. The smallest absolute Gasteiger partial charge is 0.322 e. The zero-order valence-corrected chi connectivity index (χ0v) is 19.5. The number of hydrogen-bond acceptors (Lipinski definition) is 5. The van der Waals surface area contributed by atoms with Crippen LogP contribution in [0.2, 0.25) is 0 Å². The summed E-state index contributed by atoms with van der Waals surface area (Å²) in [7, 11) is 0. The number of aromatic nitrogens is 1. The zero-order chi connectivity index (χ0) is 23.2. The summed E-state index contributed by atoms with van der Waals surface area (Å²) in [5, 5.41) is 6.20. The topological polar surface area (TPSA) is 91.4 Å². The molecule has 2 aliphatic heterocycles. The van der Waals surface area contributed by atoms with Crippen LogP contribution in [0.25, 0.3) is 10.2 Å². The van der Waals surface area contributed by atoms with E-state index in [-0.39, 0.29) is 11.8 Å². The Balaban J connectivity index is 1.26. The second-order valence-corrected chi connectivity index (χ2v) is 9.90. The molecule has 2 N–H and O–H groups in total. The molecule has 3 aromatic rings. The largest absolute Gasteiger partial charge is 0.339 e. The molecule has 0 aliphatic carbocycles. The first-order chi connectivity index (χ1) is 15.9. The molecule has 170 valence electrons. The van der Waals surface area contributed by atoms with E-state index in [0.717, 1.165) is 23.4 Å². The number of benzene rings is 2. The van der Waals surface area contributed by atoms with Gasteiger partial charge in [-0.3, -0.25) is 14.9 Å². The summed E-state index contributed by atoms with van der Waals surface area (Å²) < 4.78 is 1.21. The van der Waals surface area contributed by atoms with Crippen molar-refractivity contribution < 1.29 is 14.4 Å². The van der Waals surface area contributed by atoms with Gasteiger partial charge in [-0.25, -0.2) is 9.78 Å². The minimum Gasteiger partial charge on any atom is -0.339 e. The molecule has 0 saturated carbocycles. The Morgan fingerprint density at radius 3 is 2.52 bits per heavy atom. The lowest BCUT2D eigenvalue weighted by atomic mass is 9.87. The van der Waals surface area contributed by atoms with E-state index in [1.165, 1.54) is 10.3 Å². The van der Waals surface area contributed by atoms with Crippen molar-refractivity contribution in [2.75, 3.05) is 13.1 Å². The minimum atomic E-state index is -1.08. The molecule has 5 rings (SSSR count). The standard InChI is InChI=1S/C25H26N4O3S/c1-3-25(23(31)27-24(32)28-25)18-7-5-17(6-8-18)22(30)29-12-10-16(11-13-29)21-26-19-14-15(2)4-9-20(19)33-21/h4-9,14,16H,3,10-13H2,1-2H3,(H2,27,28,31,32). The number of hydrogen-bond donors (Lipinski definition) is 2. The van der Waals surface area contributed by atoms with Crippen LogP contribution in [0.3, 0.4) is 0 Å². The number of aryl methyl sites for hydroxylation is 1. The molecule has 3 heterocycles. The van der Waals surface area contributed by atoms with Crippen LogP contribution in [-0.2, 0) is 10.3 Å². The maximum absolute atomic E-state index is 13.1. The van der Waals surface area contributed by atoms with E-state index in [2.05, 4.69) is 35.8 Å². The average Bonchev–Trinajstić information content (AvgIpc) is 3.38. The van der Waals surface area contributed by atoms with Crippen LogP contribution in [0.4, 0.5) is 4.79 Å². The van der Waals surface area contributed by atoms with Gasteiger partial charge in [-0.1, -0.05) is 25.1 Å². The molecule has 33 heavy (non-hydrogen) atoms. The monoisotopic (exact) mass is 462 g/mol. The molecule has 1 unspecified atom stereocenters. The van der Waals surface area contributed by atoms with Gasteiger partial charge in [0.05, 0.1) is 15.2 Å². The van der Waals surface area contributed by atoms with Gasteiger partial charge in [0.2, 0.25) is 0 Å². The summed E-state index contributed by atoms with van der Waals surface area (Å²) in [6.07, 6.45) is 2.22. The Morgan fingerprint density at radius 1 is 1.15 bits per heavy atom. The first-order valence-electron chi connectivity index (χ1n) is 11.3. The van der Waals surface area contributed by atoms with Gasteiger partial charge >= 0.3 is 6.03 Å². The van der Waals surface area contributed by atoms with Crippen molar-refractivity contribution >= 4 is 39.4 Å². The number of urea groups is 1. The number of rotatable bonds is 4. The Bertz CT molecular complexity index is 1240. The molecule has 2 aromatic carbocycles. The Kier molecular flexibility index (Phi) is 5.40. The van der Waals surface area contributed by atoms with Crippen LogP contribution in [0.15, 0.2) is 42.5 Å². The minimum absolute atomic E-state index is 0.00891. The number of fused-ring (bicyclic) bond motifs is 1. The Hall–Kier alpha value is -3.26. The van der Waals surface area contributed by atoms with E-state index in [1.807, 2.05) is 11.8 Å². The summed E-state index contributed by atoms with van der Waals surface area (Å²) in [6.45, 7) is 5.31. The van der Waals surface area contributed by atoms with Gasteiger partial charge in [0, 0.05) is 24.6 Å². The number of likely N-dealkylation sites (tertiary alicyclic amines) is 1. The number of nitrogens with one attached hydrogen (secondary N) is 2. The van der Waals surface area contributed by atoms with Gasteiger partial charge in [0.15, 0.2) is 0 Å². The molecule has 0 radical (unpaired) electrons. The molecule has 7 nitrogen and oxygen atoms in total. The number of amides is 4. The summed E-state index contributed by atoms with van der Waals surface area (Å²) in [4.78, 5) is 43.8. The SMILES string of the molecule is CCC1(c2ccc(C(=O)N3CCC(c4nc5cc(C)ccc5s4)CC3)cc2)NC(=O)NC1=O.